The fraction of sp³-hybridized carbons (Fsp3) is 0.0952. The van der Waals surface area contributed by atoms with Crippen molar-refractivity contribution < 1.29 is 9.53 Å². The van der Waals surface area contributed by atoms with Crippen molar-refractivity contribution in [1.82, 2.24) is 15.3 Å². The first-order valence-corrected chi connectivity index (χ1v) is 10.8. The molecule has 2 heterocycles. The van der Waals surface area contributed by atoms with Gasteiger partial charge in [-0.3, -0.25) is 9.78 Å². The van der Waals surface area contributed by atoms with Crippen LogP contribution in [0.15, 0.2) is 60.8 Å². The van der Waals surface area contributed by atoms with Gasteiger partial charge < -0.3 is 15.4 Å². The van der Waals surface area contributed by atoms with Crippen molar-refractivity contribution in [2.75, 3.05) is 12.4 Å². The fourth-order valence-electron chi connectivity index (χ4n) is 2.72. The van der Waals surface area contributed by atoms with E-state index >= 15 is 0 Å². The number of hydrogen-bond donors (Lipinski definition) is 2. The Morgan fingerprint density at radius 2 is 1.97 bits per heavy atom. The number of amides is 1. The highest BCUT2D eigenvalue weighted by Gasteiger charge is 2.09. The van der Waals surface area contributed by atoms with Gasteiger partial charge in [-0.1, -0.05) is 29.5 Å². The van der Waals surface area contributed by atoms with Crippen LogP contribution in [0, 0.1) is 3.57 Å². The van der Waals surface area contributed by atoms with Crippen molar-refractivity contribution in [3.8, 4) is 11.5 Å². The van der Waals surface area contributed by atoms with E-state index in [0.29, 0.717) is 17.2 Å². The normalized spacial score (nSPS) is 10.7. The van der Waals surface area contributed by atoms with Crippen molar-refractivity contribution in [3.05, 3.63) is 75.6 Å². The minimum atomic E-state index is -0.253. The maximum absolute atomic E-state index is 11.7. The molecule has 0 spiro atoms. The van der Waals surface area contributed by atoms with Gasteiger partial charge in [0.1, 0.15) is 17.2 Å². The molecule has 0 atom stereocenters. The van der Waals surface area contributed by atoms with Crippen LogP contribution < -0.4 is 15.4 Å². The van der Waals surface area contributed by atoms with Gasteiger partial charge in [-0.05, 0) is 52.4 Å². The summed E-state index contributed by atoms with van der Waals surface area (Å²) in [6.07, 6.45) is 1.55. The number of benzene rings is 2. The third kappa shape index (κ3) is 4.65. The van der Waals surface area contributed by atoms with Crippen LogP contribution in [0.5, 0.6) is 11.5 Å². The maximum atomic E-state index is 11.7. The number of fused-ring (bicyclic) bond motifs is 1. The van der Waals surface area contributed by atoms with Crippen molar-refractivity contribution in [2.45, 2.75) is 6.54 Å². The Morgan fingerprint density at radius 1 is 1.14 bits per heavy atom. The maximum Gasteiger partial charge on any atom is 0.269 e. The first-order valence-electron chi connectivity index (χ1n) is 8.86. The number of pyridine rings is 1. The van der Waals surface area contributed by atoms with Crippen molar-refractivity contribution in [2.24, 2.45) is 0 Å². The van der Waals surface area contributed by atoms with E-state index in [0.717, 1.165) is 21.9 Å². The van der Waals surface area contributed by atoms with Crippen LogP contribution >= 0.6 is 33.9 Å². The lowest BCUT2D eigenvalue weighted by Crippen LogP contribution is -2.18. The smallest absolute Gasteiger partial charge is 0.269 e. The molecule has 0 aliphatic rings. The fourth-order valence-corrected chi connectivity index (χ4v) is 4.19. The summed E-state index contributed by atoms with van der Waals surface area (Å²) in [6.45, 7) is 0.724. The van der Waals surface area contributed by atoms with Gasteiger partial charge in [0, 0.05) is 35.5 Å². The molecule has 2 N–H and O–H groups in total. The number of nitrogens with zero attached hydrogens (tertiary/aromatic N) is 2. The number of thiazole rings is 1. The molecule has 2 aromatic carbocycles. The number of rotatable bonds is 6. The summed E-state index contributed by atoms with van der Waals surface area (Å²) in [6, 6.07) is 17.3. The molecule has 4 rings (SSSR count). The Balaban J connectivity index is 1.50. The van der Waals surface area contributed by atoms with Crippen molar-refractivity contribution in [3.63, 3.8) is 0 Å². The molecule has 0 bridgehead atoms. The van der Waals surface area contributed by atoms with Crippen LogP contribution in [-0.2, 0) is 6.54 Å². The number of anilines is 1. The van der Waals surface area contributed by atoms with Gasteiger partial charge in [0.25, 0.3) is 5.91 Å². The molecule has 0 unspecified atom stereocenters. The molecule has 0 aliphatic carbocycles. The number of carbonyl (C=O) groups is 1. The van der Waals surface area contributed by atoms with Gasteiger partial charge >= 0.3 is 0 Å². The minimum absolute atomic E-state index is 0.253. The van der Waals surface area contributed by atoms with E-state index < -0.39 is 0 Å². The van der Waals surface area contributed by atoms with E-state index in [-0.39, 0.29) is 5.91 Å². The quantitative estimate of drug-likeness (QED) is 0.351. The Kier molecular flexibility index (Phi) is 5.91. The summed E-state index contributed by atoms with van der Waals surface area (Å²) in [5.41, 5.74) is 2.46. The molecule has 0 fully saturated rings. The molecule has 1 amide bonds. The summed E-state index contributed by atoms with van der Waals surface area (Å²) in [5, 5.41) is 6.81. The summed E-state index contributed by atoms with van der Waals surface area (Å²) >= 11 is 3.92. The van der Waals surface area contributed by atoms with Gasteiger partial charge in [-0.15, -0.1) is 0 Å². The average molecular weight is 516 g/mol. The van der Waals surface area contributed by atoms with Gasteiger partial charge in [-0.2, -0.15) is 0 Å². The predicted molar refractivity (Wildman–Crippen MR) is 124 cm³/mol. The van der Waals surface area contributed by atoms with E-state index in [2.05, 4.69) is 55.3 Å². The first kappa shape index (κ1) is 19.6. The van der Waals surface area contributed by atoms with Gasteiger partial charge in [0.05, 0.1) is 10.2 Å². The van der Waals surface area contributed by atoms with E-state index in [1.54, 1.807) is 36.7 Å². The molecule has 4 aromatic rings. The van der Waals surface area contributed by atoms with E-state index in [4.69, 9.17) is 4.74 Å². The van der Waals surface area contributed by atoms with Crippen molar-refractivity contribution in [1.29, 1.82) is 0 Å². The Labute approximate surface area is 185 Å². The molecule has 8 heteroatoms. The third-order valence-corrected chi connectivity index (χ3v) is 6.20. The zero-order valence-corrected chi connectivity index (χ0v) is 18.5. The van der Waals surface area contributed by atoms with Crippen LogP contribution in [0.4, 0.5) is 5.13 Å². The number of carbonyl (C=O) groups excluding carboxylic acids is 1. The van der Waals surface area contributed by atoms with Crippen LogP contribution in [-0.4, -0.2) is 22.9 Å². The SMILES string of the molecule is CNC(=O)c1cc(Oc2ccc3nc(NCc4ccccc4I)sc3c2)ccn1. The Hall–Kier alpha value is -2.72. The second kappa shape index (κ2) is 8.75. The number of nitrogens with one attached hydrogen (secondary N) is 2. The number of ether oxygens (including phenoxy) is 1. The summed E-state index contributed by atoms with van der Waals surface area (Å²) in [5.74, 6) is 0.982. The second-order valence-electron chi connectivity index (χ2n) is 6.15. The zero-order chi connectivity index (χ0) is 20.2. The lowest BCUT2D eigenvalue weighted by molar-refractivity contribution is 0.0958. The van der Waals surface area contributed by atoms with E-state index in [1.165, 1.54) is 9.13 Å². The number of aromatic nitrogens is 2. The van der Waals surface area contributed by atoms with Gasteiger partial charge in [-0.25, -0.2) is 4.98 Å². The molecule has 0 radical (unpaired) electrons. The zero-order valence-electron chi connectivity index (χ0n) is 15.5. The molecular formula is C21H17IN4O2S. The molecule has 29 heavy (non-hydrogen) atoms. The lowest BCUT2D eigenvalue weighted by atomic mass is 10.2. The van der Waals surface area contributed by atoms with Crippen LogP contribution in [0.3, 0.4) is 0 Å². The van der Waals surface area contributed by atoms with Crippen LogP contribution in [0.1, 0.15) is 16.1 Å². The minimum Gasteiger partial charge on any atom is -0.457 e. The molecule has 6 nitrogen and oxygen atoms in total. The molecular weight excluding hydrogens is 499 g/mol. The largest absolute Gasteiger partial charge is 0.457 e. The number of hydrogen-bond acceptors (Lipinski definition) is 6. The Bertz CT molecular complexity index is 1180. The highest BCUT2D eigenvalue weighted by Crippen LogP contribution is 2.31. The monoisotopic (exact) mass is 516 g/mol. The molecule has 0 saturated heterocycles. The molecule has 0 aliphatic heterocycles. The van der Waals surface area contributed by atoms with Gasteiger partial charge in [0.15, 0.2) is 5.13 Å². The summed E-state index contributed by atoms with van der Waals surface area (Å²) < 4.78 is 8.16. The van der Waals surface area contributed by atoms with Crippen LogP contribution in [0.25, 0.3) is 10.2 Å². The summed E-state index contributed by atoms with van der Waals surface area (Å²) in [4.78, 5) is 20.4. The van der Waals surface area contributed by atoms with Gasteiger partial charge in [0.2, 0.25) is 0 Å². The van der Waals surface area contributed by atoms with E-state index in [1.807, 2.05) is 30.3 Å². The Morgan fingerprint density at radius 3 is 2.79 bits per heavy atom. The highest BCUT2D eigenvalue weighted by molar-refractivity contribution is 14.1. The number of halogens is 1. The van der Waals surface area contributed by atoms with E-state index in [9.17, 15) is 4.79 Å². The second-order valence-corrected chi connectivity index (χ2v) is 8.34. The molecule has 0 saturated carbocycles. The topological polar surface area (TPSA) is 76.1 Å². The molecule has 2 aromatic heterocycles. The van der Waals surface area contributed by atoms with Crippen molar-refractivity contribution >= 4 is 55.2 Å². The third-order valence-electron chi connectivity index (χ3n) is 4.17. The standard InChI is InChI=1S/C21H17IN4O2S/c1-23-20(27)18-10-15(8-9-24-18)28-14-6-7-17-19(11-14)29-21(26-17)25-12-13-4-2-3-5-16(13)22/h2-11H,12H2,1H3,(H,23,27)(H,25,26). The first-order chi connectivity index (χ1) is 14.1. The highest BCUT2D eigenvalue weighted by atomic mass is 127. The predicted octanol–water partition coefficient (Wildman–Crippen LogP) is 5.06. The summed E-state index contributed by atoms with van der Waals surface area (Å²) in [7, 11) is 1.57. The molecule has 146 valence electrons. The van der Waals surface area contributed by atoms with Crippen LogP contribution in [0.2, 0.25) is 0 Å². The lowest BCUT2D eigenvalue weighted by Gasteiger charge is -2.06. The average Bonchev–Trinajstić information content (AvgIpc) is 3.15.